The Morgan fingerprint density at radius 1 is 1.56 bits per heavy atom. The van der Waals surface area contributed by atoms with E-state index in [0.717, 1.165) is 13.2 Å². The number of methoxy groups -OCH3 is 1. The van der Waals surface area contributed by atoms with Gasteiger partial charge >= 0.3 is 18.1 Å². The van der Waals surface area contributed by atoms with Crippen LogP contribution in [0.25, 0.3) is 0 Å². The van der Waals surface area contributed by atoms with Gasteiger partial charge in [-0.1, -0.05) is 0 Å². The first-order valence-electron chi connectivity index (χ1n) is 4.46. The Balaban J connectivity index is 3.33. The fourth-order valence-electron chi connectivity index (χ4n) is 1.16. The van der Waals surface area contributed by atoms with Crippen LogP contribution in [0.4, 0.5) is 19.0 Å². The molecule has 0 saturated heterocycles. The van der Waals surface area contributed by atoms with Crippen molar-refractivity contribution in [2.75, 3.05) is 7.11 Å². The lowest BCUT2D eigenvalue weighted by Crippen LogP contribution is -2.19. The molecule has 0 atom stereocenters. The molecular weight excluding hydrogens is 259 g/mol. The number of nitro groups is 1. The maximum absolute atomic E-state index is 12.1. The smallest absolute Gasteiger partial charge is 0.463 e. The van der Waals surface area contributed by atoms with Crippen LogP contribution in [-0.4, -0.2) is 23.4 Å². The van der Waals surface area contributed by atoms with E-state index in [-0.39, 0.29) is 18.0 Å². The van der Waals surface area contributed by atoms with E-state index in [4.69, 9.17) is 5.73 Å². The lowest BCUT2D eigenvalue weighted by atomic mass is 10.2. The summed E-state index contributed by atoms with van der Waals surface area (Å²) >= 11 is 0. The van der Waals surface area contributed by atoms with Crippen LogP contribution >= 0.6 is 0 Å². The summed E-state index contributed by atoms with van der Waals surface area (Å²) in [5.41, 5.74) is 5.32. The molecule has 0 aliphatic heterocycles. The van der Waals surface area contributed by atoms with Crippen LogP contribution < -0.4 is 15.2 Å². The summed E-state index contributed by atoms with van der Waals surface area (Å²) < 4.78 is 44.4. The van der Waals surface area contributed by atoms with E-state index in [1.807, 2.05) is 0 Å². The minimum atomic E-state index is -5.06. The molecule has 10 heteroatoms. The number of nitrogens with two attached hydrogens (primary N) is 1. The van der Waals surface area contributed by atoms with Gasteiger partial charge < -0.3 is 25.3 Å². The van der Waals surface area contributed by atoms with Crippen LogP contribution in [0.5, 0.6) is 11.6 Å². The van der Waals surface area contributed by atoms with E-state index >= 15 is 0 Å². The molecule has 0 aromatic carbocycles. The third-order valence-corrected chi connectivity index (χ3v) is 1.82. The van der Waals surface area contributed by atoms with E-state index in [0.29, 0.717) is 0 Å². The van der Waals surface area contributed by atoms with Gasteiger partial charge in [0.05, 0.1) is 12.7 Å². The number of pyridine rings is 1. The Morgan fingerprint density at radius 3 is 2.56 bits per heavy atom. The predicted molar refractivity (Wildman–Crippen MR) is 52.0 cm³/mol. The number of aromatic nitrogens is 1. The number of hydrogen-bond acceptors (Lipinski definition) is 6. The van der Waals surface area contributed by atoms with Crippen molar-refractivity contribution in [3.05, 3.63) is 21.7 Å². The molecule has 0 bridgehead atoms. The molecule has 0 spiro atoms. The number of ether oxygens (including phenoxy) is 2. The summed E-state index contributed by atoms with van der Waals surface area (Å²) in [6.45, 7) is -0.206. The molecule has 100 valence electrons. The number of nitrogens with zero attached hydrogens (tertiary/aromatic N) is 2. The van der Waals surface area contributed by atoms with Crippen molar-refractivity contribution in [1.82, 2.24) is 4.98 Å². The van der Waals surface area contributed by atoms with Crippen LogP contribution in [0.3, 0.4) is 0 Å². The average molecular weight is 267 g/mol. The van der Waals surface area contributed by atoms with Crippen LogP contribution in [-0.2, 0) is 6.54 Å². The largest absolute Gasteiger partial charge is 0.573 e. The van der Waals surface area contributed by atoms with Crippen LogP contribution in [0.1, 0.15) is 5.56 Å². The molecule has 1 heterocycles. The van der Waals surface area contributed by atoms with Gasteiger partial charge in [0.2, 0.25) is 5.75 Å². The Bertz CT molecular complexity index is 464. The summed E-state index contributed by atoms with van der Waals surface area (Å²) in [5, 5.41) is 10.6. The Kier molecular flexibility index (Phi) is 3.91. The van der Waals surface area contributed by atoms with Gasteiger partial charge in [-0.3, -0.25) is 0 Å². The Hall–Kier alpha value is -2.10. The monoisotopic (exact) mass is 267 g/mol. The summed E-state index contributed by atoms with van der Waals surface area (Å²) in [4.78, 5) is 12.8. The molecule has 18 heavy (non-hydrogen) atoms. The molecule has 0 saturated carbocycles. The molecule has 0 radical (unpaired) electrons. The normalized spacial score (nSPS) is 11.2. The minimum absolute atomic E-state index is 0.0577. The molecular formula is C8H8F3N3O4. The van der Waals surface area contributed by atoms with Gasteiger partial charge in [0.1, 0.15) is 0 Å². The first kappa shape index (κ1) is 14.0. The zero-order valence-corrected chi connectivity index (χ0v) is 9.02. The van der Waals surface area contributed by atoms with E-state index in [1.54, 1.807) is 0 Å². The molecule has 0 unspecified atom stereocenters. The highest BCUT2D eigenvalue weighted by Crippen LogP contribution is 2.34. The first-order valence-corrected chi connectivity index (χ1v) is 4.46. The number of alkyl halides is 3. The second-order valence-corrected chi connectivity index (χ2v) is 2.99. The van der Waals surface area contributed by atoms with Gasteiger partial charge in [0.15, 0.2) is 0 Å². The molecule has 0 aliphatic rings. The molecule has 1 rings (SSSR count). The van der Waals surface area contributed by atoms with Crippen molar-refractivity contribution in [3.63, 3.8) is 0 Å². The van der Waals surface area contributed by atoms with Gasteiger partial charge in [-0.05, 0) is 4.92 Å². The maximum Gasteiger partial charge on any atom is 0.573 e. The quantitative estimate of drug-likeness (QED) is 0.652. The van der Waals surface area contributed by atoms with E-state index in [9.17, 15) is 23.3 Å². The van der Waals surface area contributed by atoms with Crippen LogP contribution in [0.15, 0.2) is 6.07 Å². The zero-order chi connectivity index (χ0) is 13.9. The first-order chi connectivity index (χ1) is 8.28. The molecule has 2 N–H and O–H groups in total. The fraction of sp³-hybridized carbons (Fsp3) is 0.375. The standard InChI is InChI=1S/C8H8F3N3O4/c1-17-7-4(3-12)2-5(18-8(9,10)11)6(13-7)14(15)16/h2H,3,12H2,1H3. The average Bonchev–Trinajstić information content (AvgIpc) is 2.25. The van der Waals surface area contributed by atoms with Crippen LogP contribution in [0.2, 0.25) is 0 Å². The lowest BCUT2D eigenvalue weighted by molar-refractivity contribution is -0.393. The van der Waals surface area contributed by atoms with Crippen molar-refractivity contribution in [2.24, 2.45) is 5.73 Å². The van der Waals surface area contributed by atoms with Gasteiger partial charge in [-0.25, -0.2) is 0 Å². The van der Waals surface area contributed by atoms with E-state index < -0.39 is 22.9 Å². The van der Waals surface area contributed by atoms with Crippen molar-refractivity contribution in [3.8, 4) is 11.6 Å². The Morgan fingerprint density at radius 2 is 2.17 bits per heavy atom. The maximum atomic E-state index is 12.1. The summed E-state index contributed by atoms with van der Waals surface area (Å²) in [5.74, 6) is -2.35. The summed E-state index contributed by atoms with van der Waals surface area (Å²) in [6, 6.07) is 0.775. The number of hydrogen-bond donors (Lipinski definition) is 1. The number of halogens is 3. The second-order valence-electron chi connectivity index (χ2n) is 2.99. The van der Waals surface area contributed by atoms with Crippen molar-refractivity contribution < 1.29 is 27.6 Å². The van der Waals surface area contributed by atoms with Gasteiger partial charge in [-0.15, -0.1) is 13.2 Å². The lowest BCUT2D eigenvalue weighted by Gasteiger charge is -2.10. The summed E-state index contributed by atoms with van der Waals surface area (Å²) in [7, 11) is 1.16. The molecule has 1 aromatic rings. The Labute approximate surface area is 98.5 Å². The number of rotatable bonds is 4. The molecule has 0 fully saturated rings. The molecule has 1 aromatic heterocycles. The zero-order valence-electron chi connectivity index (χ0n) is 9.02. The second kappa shape index (κ2) is 5.04. The molecule has 0 amide bonds. The van der Waals surface area contributed by atoms with E-state index in [2.05, 4.69) is 14.5 Å². The highest BCUT2D eigenvalue weighted by atomic mass is 19.4. The van der Waals surface area contributed by atoms with Crippen molar-refractivity contribution in [1.29, 1.82) is 0 Å². The van der Waals surface area contributed by atoms with E-state index in [1.165, 1.54) is 0 Å². The van der Waals surface area contributed by atoms with Gasteiger partial charge in [0.25, 0.3) is 0 Å². The minimum Gasteiger partial charge on any atom is -0.463 e. The molecule has 7 nitrogen and oxygen atoms in total. The topological polar surface area (TPSA) is 101 Å². The SMILES string of the molecule is COc1nc([N+](=O)[O-])c(OC(F)(F)F)cc1CN. The highest BCUT2D eigenvalue weighted by Gasteiger charge is 2.36. The van der Waals surface area contributed by atoms with Gasteiger partial charge in [0, 0.05) is 17.6 Å². The highest BCUT2D eigenvalue weighted by molar-refractivity contribution is 5.46. The van der Waals surface area contributed by atoms with Gasteiger partial charge in [-0.2, -0.15) is 0 Å². The van der Waals surface area contributed by atoms with Crippen molar-refractivity contribution >= 4 is 5.82 Å². The molecule has 0 aliphatic carbocycles. The third kappa shape index (κ3) is 3.20. The van der Waals surface area contributed by atoms with Crippen LogP contribution in [0, 0.1) is 10.1 Å². The third-order valence-electron chi connectivity index (χ3n) is 1.82. The summed E-state index contributed by atoms with van der Waals surface area (Å²) in [6.07, 6.45) is -5.06. The van der Waals surface area contributed by atoms with Crippen molar-refractivity contribution in [2.45, 2.75) is 12.9 Å². The fourth-order valence-corrected chi connectivity index (χ4v) is 1.16. The predicted octanol–water partition coefficient (Wildman–Crippen LogP) is 1.36.